The number of aromatic nitrogens is 2. The molecule has 0 saturated heterocycles. The minimum absolute atomic E-state index is 0.230. The number of thioether (sulfide) groups is 1. The molecule has 0 saturated carbocycles. The summed E-state index contributed by atoms with van der Waals surface area (Å²) in [5.74, 6) is 2.29. The van der Waals surface area contributed by atoms with Crippen molar-refractivity contribution in [2.75, 3.05) is 0 Å². The van der Waals surface area contributed by atoms with Gasteiger partial charge in [-0.3, -0.25) is 0 Å². The number of hydrogen-bond donors (Lipinski definition) is 0. The van der Waals surface area contributed by atoms with E-state index in [1.807, 2.05) is 37.3 Å². The number of hydrogen-bond acceptors (Lipinski definition) is 7. The second-order valence-electron chi connectivity index (χ2n) is 8.16. The van der Waals surface area contributed by atoms with Gasteiger partial charge in [-0.1, -0.05) is 54.8 Å². The molecule has 4 rings (SSSR count). The van der Waals surface area contributed by atoms with Crippen LogP contribution in [0.1, 0.15) is 42.0 Å². The van der Waals surface area contributed by atoms with Crippen LogP contribution in [0, 0.1) is 12.8 Å². The molecule has 0 aliphatic heterocycles. The summed E-state index contributed by atoms with van der Waals surface area (Å²) in [7, 11) is 0. The van der Waals surface area contributed by atoms with Gasteiger partial charge in [-0.05, 0) is 48.1 Å². The first-order valence-corrected chi connectivity index (χ1v) is 11.7. The lowest BCUT2D eigenvalue weighted by Gasteiger charge is -2.05. The number of rotatable bonds is 8. The summed E-state index contributed by atoms with van der Waals surface area (Å²) in [6, 6.07) is 15.9. The summed E-state index contributed by atoms with van der Waals surface area (Å²) in [6.45, 7) is 6.43. The van der Waals surface area contributed by atoms with Crippen molar-refractivity contribution >= 4 is 35.0 Å². The zero-order valence-corrected chi connectivity index (χ0v) is 19.2. The average molecular weight is 448 g/mol. The van der Waals surface area contributed by atoms with Gasteiger partial charge in [0.25, 0.3) is 0 Å². The Bertz CT molecular complexity index is 1290. The van der Waals surface area contributed by atoms with Gasteiger partial charge < -0.3 is 8.83 Å². The number of aryl methyl sites for hydroxylation is 1. The molecule has 6 nitrogen and oxygen atoms in total. The van der Waals surface area contributed by atoms with Crippen molar-refractivity contribution < 1.29 is 8.83 Å². The minimum atomic E-state index is -0.344. The Kier molecular flexibility index (Phi) is 6.85. The SMILES string of the molecule is Cc1ccc2oc(=O)cc(CSCc3nnc(/N=C/c4ccc(CC(C)C)cc4)o3)c2c1. The number of fused-ring (bicyclic) bond motifs is 1. The summed E-state index contributed by atoms with van der Waals surface area (Å²) in [6.07, 6.45) is 2.78. The molecule has 0 atom stereocenters. The highest BCUT2D eigenvalue weighted by atomic mass is 32.2. The third kappa shape index (κ3) is 5.73. The predicted octanol–water partition coefficient (Wildman–Crippen LogP) is 5.87. The van der Waals surface area contributed by atoms with Crippen LogP contribution >= 0.6 is 11.8 Å². The fourth-order valence-corrected chi connectivity index (χ4v) is 4.26. The lowest BCUT2D eigenvalue weighted by Crippen LogP contribution is -2.00. The van der Waals surface area contributed by atoms with E-state index in [-0.39, 0.29) is 11.6 Å². The Balaban J connectivity index is 1.36. The van der Waals surface area contributed by atoms with Crippen molar-refractivity contribution in [2.45, 2.75) is 38.7 Å². The summed E-state index contributed by atoms with van der Waals surface area (Å²) in [5, 5.41) is 9.02. The molecule has 0 radical (unpaired) electrons. The summed E-state index contributed by atoms with van der Waals surface area (Å²) < 4.78 is 10.9. The minimum Gasteiger partial charge on any atom is -0.423 e. The summed E-state index contributed by atoms with van der Waals surface area (Å²) >= 11 is 1.59. The maximum absolute atomic E-state index is 11.8. The number of benzene rings is 2. The van der Waals surface area contributed by atoms with Gasteiger partial charge in [0.2, 0.25) is 5.89 Å². The Labute approximate surface area is 190 Å². The van der Waals surface area contributed by atoms with E-state index in [0.29, 0.717) is 28.9 Å². The van der Waals surface area contributed by atoms with Crippen molar-refractivity contribution in [3.8, 4) is 0 Å². The molecule has 0 spiro atoms. The first-order chi connectivity index (χ1) is 15.5. The van der Waals surface area contributed by atoms with Gasteiger partial charge in [0, 0.05) is 23.4 Å². The van der Waals surface area contributed by atoms with Gasteiger partial charge in [-0.2, -0.15) is 0 Å². The van der Waals surface area contributed by atoms with Gasteiger partial charge >= 0.3 is 11.6 Å². The lowest BCUT2D eigenvalue weighted by molar-refractivity contribution is 0.525. The van der Waals surface area contributed by atoms with Gasteiger partial charge in [-0.25, -0.2) is 9.79 Å². The topological polar surface area (TPSA) is 81.5 Å². The second kappa shape index (κ2) is 9.96. The van der Waals surface area contributed by atoms with Crippen molar-refractivity contribution in [3.05, 3.63) is 87.1 Å². The summed E-state index contributed by atoms with van der Waals surface area (Å²) in [5.41, 5.74) is 4.61. The van der Waals surface area contributed by atoms with Crippen LogP contribution in [-0.2, 0) is 17.9 Å². The van der Waals surface area contributed by atoms with Crippen molar-refractivity contribution in [3.63, 3.8) is 0 Å². The van der Waals surface area contributed by atoms with E-state index in [4.69, 9.17) is 8.83 Å². The molecule has 0 aliphatic carbocycles. The zero-order valence-electron chi connectivity index (χ0n) is 18.4. The van der Waals surface area contributed by atoms with Crippen LogP contribution in [0.25, 0.3) is 11.0 Å². The molecule has 2 heterocycles. The van der Waals surface area contributed by atoms with E-state index in [1.165, 1.54) is 5.56 Å². The molecule has 2 aromatic carbocycles. The van der Waals surface area contributed by atoms with Crippen LogP contribution in [0.2, 0.25) is 0 Å². The highest BCUT2D eigenvalue weighted by Crippen LogP contribution is 2.25. The van der Waals surface area contributed by atoms with E-state index in [2.05, 4.69) is 41.2 Å². The molecule has 4 aromatic rings. The highest BCUT2D eigenvalue weighted by Gasteiger charge is 2.09. The first-order valence-electron chi connectivity index (χ1n) is 10.5. The Morgan fingerprint density at radius 1 is 1.03 bits per heavy atom. The van der Waals surface area contributed by atoms with Crippen molar-refractivity contribution in [2.24, 2.45) is 10.9 Å². The van der Waals surface area contributed by atoms with Crippen LogP contribution in [0.5, 0.6) is 0 Å². The van der Waals surface area contributed by atoms with Crippen LogP contribution in [0.3, 0.4) is 0 Å². The van der Waals surface area contributed by atoms with E-state index < -0.39 is 0 Å². The van der Waals surface area contributed by atoms with Crippen LogP contribution in [0.15, 0.2) is 67.2 Å². The smallest absolute Gasteiger partial charge is 0.342 e. The first kappa shape index (κ1) is 22.0. The molecule has 164 valence electrons. The van der Waals surface area contributed by atoms with Crippen molar-refractivity contribution in [1.29, 1.82) is 0 Å². The highest BCUT2D eigenvalue weighted by molar-refractivity contribution is 7.97. The lowest BCUT2D eigenvalue weighted by atomic mass is 10.0. The maximum atomic E-state index is 11.8. The quantitative estimate of drug-likeness (QED) is 0.248. The number of nitrogens with zero attached hydrogens (tertiary/aromatic N) is 3. The van der Waals surface area contributed by atoms with E-state index >= 15 is 0 Å². The van der Waals surface area contributed by atoms with Crippen molar-refractivity contribution in [1.82, 2.24) is 10.2 Å². The Hall–Kier alpha value is -3.19. The maximum Gasteiger partial charge on any atom is 0.342 e. The molecule has 0 unspecified atom stereocenters. The van der Waals surface area contributed by atoms with Gasteiger partial charge in [0.1, 0.15) is 5.58 Å². The monoisotopic (exact) mass is 447 g/mol. The molecular weight excluding hydrogens is 422 g/mol. The Morgan fingerprint density at radius 2 is 1.84 bits per heavy atom. The predicted molar refractivity (Wildman–Crippen MR) is 129 cm³/mol. The second-order valence-corrected chi connectivity index (χ2v) is 9.14. The largest absolute Gasteiger partial charge is 0.423 e. The molecular formula is C25H25N3O3S. The molecule has 0 N–H and O–H groups in total. The zero-order chi connectivity index (χ0) is 22.5. The third-order valence-corrected chi connectivity index (χ3v) is 5.84. The summed E-state index contributed by atoms with van der Waals surface area (Å²) in [4.78, 5) is 16.1. The van der Waals surface area contributed by atoms with E-state index in [1.54, 1.807) is 24.0 Å². The normalized spacial score (nSPS) is 11.8. The third-order valence-electron chi connectivity index (χ3n) is 4.87. The Morgan fingerprint density at radius 3 is 2.62 bits per heavy atom. The van der Waals surface area contributed by atoms with Gasteiger partial charge in [-0.15, -0.1) is 16.9 Å². The molecule has 0 fully saturated rings. The molecule has 0 aliphatic rings. The van der Waals surface area contributed by atoms with Gasteiger partial charge in [0.05, 0.1) is 5.75 Å². The van der Waals surface area contributed by atoms with Crippen LogP contribution in [-0.4, -0.2) is 16.4 Å². The fraction of sp³-hybridized carbons (Fsp3) is 0.280. The molecule has 32 heavy (non-hydrogen) atoms. The molecule has 7 heteroatoms. The average Bonchev–Trinajstić information content (AvgIpc) is 3.21. The van der Waals surface area contributed by atoms with Gasteiger partial charge in [0.15, 0.2) is 0 Å². The van der Waals surface area contributed by atoms with E-state index in [9.17, 15) is 4.79 Å². The molecule has 2 aromatic heterocycles. The number of aliphatic imine (C=N–C) groups is 1. The standard InChI is InChI=1S/C25H25N3O3S/c1-16(2)10-18-5-7-19(8-6-18)13-26-25-28-27-23(31-25)15-32-14-20-12-24(29)30-22-9-4-17(3)11-21(20)22/h4-9,11-13,16H,10,14-15H2,1-3H3/b26-13+. The fourth-order valence-electron chi connectivity index (χ4n) is 3.41. The van der Waals surface area contributed by atoms with Crippen LogP contribution < -0.4 is 5.63 Å². The van der Waals surface area contributed by atoms with E-state index in [0.717, 1.165) is 28.5 Å². The molecule has 0 bridgehead atoms. The van der Waals surface area contributed by atoms with Crippen LogP contribution in [0.4, 0.5) is 6.01 Å². The molecule has 0 amide bonds.